The summed E-state index contributed by atoms with van der Waals surface area (Å²) in [5.74, 6) is -0.239. The average Bonchev–Trinajstić information content (AvgIpc) is 3.15. The minimum Gasteiger partial charge on any atom is -0.461 e. The number of aromatic nitrogens is 4. The van der Waals surface area contributed by atoms with Crippen molar-refractivity contribution in [2.45, 2.75) is 65.6 Å². The lowest BCUT2D eigenvalue weighted by atomic mass is 10.1. The molecule has 2 aromatic heterocycles. The zero-order valence-corrected chi connectivity index (χ0v) is 19.8. The third-order valence-electron chi connectivity index (χ3n) is 5.39. The molecule has 0 spiro atoms. The minimum absolute atomic E-state index is 0.100. The first-order valence-corrected chi connectivity index (χ1v) is 10.9. The Morgan fingerprint density at radius 3 is 2.50 bits per heavy atom. The molecule has 0 bridgehead atoms. The highest BCUT2D eigenvalue weighted by Gasteiger charge is 2.37. The van der Waals surface area contributed by atoms with Crippen LogP contribution < -0.4 is 10.6 Å². The molecule has 1 amide bonds. The van der Waals surface area contributed by atoms with E-state index in [1.807, 2.05) is 39.5 Å². The number of carbonyl (C=O) groups excluding carboxylic acids is 2. The van der Waals surface area contributed by atoms with Crippen LogP contribution in [0.4, 0.5) is 10.7 Å². The predicted octanol–water partition coefficient (Wildman–Crippen LogP) is 1.83. The number of hydrogen-bond donors (Lipinski definition) is 0. The Balaban J connectivity index is 2.00. The van der Waals surface area contributed by atoms with E-state index in [-0.39, 0.29) is 30.5 Å². The van der Waals surface area contributed by atoms with E-state index in [2.05, 4.69) is 10.1 Å². The van der Waals surface area contributed by atoms with Crippen LogP contribution in [0.5, 0.6) is 0 Å². The molecule has 0 radical (unpaired) electrons. The zero-order chi connectivity index (χ0) is 23.8. The summed E-state index contributed by atoms with van der Waals surface area (Å²) in [6, 6.07) is 1.22. The molecule has 1 saturated heterocycles. The Morgan fingerprint density at radius 2 is 1.91 bits per heavy atom. The topological polar surface area (TPSA) is 111 Å². The molecular formula is C21H32N6O5. The van der Waals surface area contributed by atoms with Gasteiger partial charge in [0.15, 0.2) is 5.69 Å². The van der Waals surface area contributed by atoms with E-state index in [1.165, 1.54) is 15.1 Å². The molecule has 1 fully saturated rings. The molecule has 0 aliphatic carbocycles. The smallest absolute Gasteiger partial charge is 0.410 e. The summed E-state index contributed by atoms with van der Waals surface area (Å²) in [5, 5.41) is 4.37. The Kier molecular flexibility index (Phi) is 6.47. The molecule has 176 valence electrons. The molecule has 11 nitrogen and oxygen atoms in total. The Morgan fingerprint density at radius 1 is 1.22 bits per heavy atom. The first-order chi connectivity index (χ1) is 15.0. The number of amides is 1. The lowest BCUT2D eigenvalue weighted by Crippen LogP contribution is -2.60. The lowest BCUT2D eigenvalue weighted by Gasteiger charge is -2.45. The second-order valence-electron chi connectivity index (χ2n) is 8.97. The monoisotopic (exact) mass is 448 g/mol. The molecule has 0 saturated carbocycles. The predicted molar refractivity (Wildman–Crippen MR) is 118 cm³/mol. The first kappa shape index (κ1) is 23.6. The van der Waals surface area contributed by atoms with Crippen LogP contribution in [0.15, 0.2) is 10.9 Å². The summed E-state index contributed by atoms with van der Waals surface area (Å²) in [6.07, 6.45) is 0.338. The number of hydrogen-bond acceptors (Lipinski definition) is 8. The van der Waals surface area contributed by atoms with Gasteiger partial charge >= 0.3 is 17.8 Å². The average molecular weight is 449 g/mol. The van der Waals surface area contributed by atoms with Crippen LogP contribution in [0.1, 0.15) is 58.5 Å². The first-order valence-electron chi connectivity index (χ1n) is 10.9. The highest BCUT2D eigenvalue weighted by Crippen LogP contribution is 2.25. The molecule has 0 unspecified atom stereocenters. The van der Waals surface area contributed by atoms with Gasteiger partial charge in [0.1, 0.15) is 11.2 Å². The van der Waals surface area contributed by atoms with Crippen molar-refractivity contribution in [3.05, 3.63) is 22.2 Å². The Hall–Kier alpha value is -3.11. The van der Waals surface area contributed by atoms with Crippen molar-refractivity contribution < 1.29 is 19.1 Å². The standard InChI is InChI=1S/C21H32N6O5/c1-8-14-12-25(13(3)11-26(14)20(30)32-21(4,5)6)18-22-19(29)24(7)16-10-15(23-27(16)18)17(28)31-9-2/h10,13-14H,8-9,11-12H2,1-7H3/t13-,14+/m0/s1. The summed E-state index contributed by atoms with van der Waals surface area (Å²) in [4.78, 5) is 45.5. The summed E-state index contributed by atoms with van der Waals surface area (Å²) >= 11 is 0. The molecule has 32 heavy (non-hydrogen) atoms. The molecule has 3 heterocycles. The Labute approximate surface area is 186 Å². The van der Waals surface area contributed by atoms with E-state index in [0.717, 1.165) is 0 Å². The van der Waals surface area contributed by atoms with E-state index in [9.17, 15) is 14.4 Å². The van der Waals surface area contributed by atoms with Crippen LogP contribution in [-0.4, -0.2) is 73.5 Å². The summed E-state index contributed by atoms with van der Waals surface area (Å²) in [7, 11) is 1.57. The van der Waals surface area contributed by atoms with Crippen LogP contribution in [0.25, 0.3) is 5.65 Å². The van der Waals surface area contributed by atoms with Gasteiger partial charge in [0.05, 0.1) is 12.6 Å². The third-order valence-corrected chi connectivity index (χ3v) is 5.39. The number of anilines is 1. The van der Waals surface area contributed by atoms with Gasteiger partial charge in [0.25, 0.3) is 0 Å². The molecule has 11 heteroatoms. The van der Waals surface area contributed by atoms with Crippen molar-refractivity contribution in [2.75, 3.05) is 24.6 Å². The molecule has 1 aliphatic heterocycles. The van der Waals surface area contributed by atoms with Gasteiger partial charge in [0, 0.05) is 32.2 Å². The van der Waals surface area contributed by atoms with Gasteiger partial charge in [-0.25, -0.2) is 14.4 Å². The second kappa shape index (κ2) is 8.79. The zero-order valence-electron chi connectivity index (χ0n) is 19.8. The number of fused-ring (bicyclic) bond motifs is 1. The number of carbonyl (C=O) groups is 2. The van der Waals surface area contributed by atoms with Crippen molar-refractivity contribution in [3.8, 4) is 0 Å². The van der Waals surface area contributed by atoms with Crippen LogP contribution in [-0.2, 0) is 16.5 Å². The molecule has 3 rings (SSSR count). The Bertz CT molecular complexity index is 1070. The van der Waals surface area contributed by atoms with Gasteiger partial charge in [-0.2, -0.15) is 14.6 Å². The number of aryl methyl sites for hydroxylation is 1. The number of ether oxygens (including phenoxy) is 2. The van der Waals surface area contributed by atoms with E-state index >= 15 is 0 Å². The number of piperazine rings is 1. The van der Waals surface area contributed by atoms with E-state index in [1.54, 1.807) is 18.9 Å². The van der Waals surface area contributed by atoms with Crippen LogP contribution >= 0.6 is 0 Å². The van der Waals surface area contributed by atoms with Gasteiger partial charge < -0.3 is 19.3 Å². The lowest BCUT2D eigenvalue weighted by molar-refractivity contribution is 0.0104. The molecular weight excluding hydrogens is 416 g/mol. The SMILES string of the molecule is CCOC(=O)c1cc2n(C)c(=O)nc(N3C[C@@H](CC)N(C(=O)OC(C)(C)C)C[C@@H]3C)n2n1. The highest BCUT2D eigenvalue weighted by molar-refractivity contribution is 5.88. The van der Waals surface area contributed by atoms with Crippen molar-refractivity contribution in [1.82, 2.24) is 24.1 Å². The van der Waals surface area contributed by atoms with Gasteiger partial charge in [0.2, 0.25) is 5.95 Å². The summed E-state index contributed by atoms with van der Waals surface area (Å²) in [5.41, 5.74) is -0.521. The largest absolute Gasteiger partial charge is 0.461 e. The quantitative estimate of drug-likeness (QED) is 0.652. The van der Waals surface area contributed by atoms with Gasteiger partial charge in [-0.3, -0.25) is 4.57 Å². The molecule has 2 aromatic rings. The van der Waals surface area contributed by atoms with E-state index < -0.39 is 17.3 Å². The molecule has 1 aliphatic rings. The fourth-order valence-corrected chi connectivity index (χ4v) is 3.76. The third kappa shape index (κ3) is 4.56. The fourth-order valence-electron chi connectivity index (χ4n) is 3.76. The summed E-state index contributed by atoms with van der Waals surface area (Å²) < 4.78 is 13.5. The van der Waals surface area contributed by atoms with Crippen LogP contribution in [0, 0.1) is 0 Å². The fraction of sp³-hybridized carbons (Fsp3) is 0.667. The van der Waals surface area contributed by atoms with Crippen molar-refractivity contribution >= 4 is 23.7 Å². The molecule has 2 atom stereocenters. The maximum absolute atomic E-state index is 12.8. The second-order valence-corrected chi connectivity index (χ2v) is 8.97. The van der Waals surface area contributed by atoms with Crippen molar-refractivity contribution in [3.63, 3.8) is 0 Å². The van der Waals surface area contributed by atoms with Gasteiger partial charge in [-0.15, -0.1) is 0 Å². The number of nitrogens with zero attached hydrogens (tertiary/aromatic N) is 6. The van der Waals surface area contributed by atoms with Gasteiger partial charge in [-0.1, -0.05) is 6.92 Å². The molecule has 0 N–H and O–H groups in total. The van der Waals surface area contributed by atoms with E-state index in [4.69, 9.17) is 9.47 Å². The number of rotatable bonds is 4. The maximum atomic E-state index is 12.8. The summed E-state index contributed by atoms with van der Waals surface area (Å²) in [6.45, 7) is 12.2. The number of esters is 1. The maximum Gasteiger partial charge on any atom is 0.410 e. The minimum atomic E-state index is -0.590. The normalized spacial score (nSPS) is 19.3. The van der Waals surface area contributed by atoms with Crippen molar-refractivity contribution in [1.29, 1.82) is 0 Å². The molecule has 0 aromatic carbocycles. The van der Waals surface area contributed by atoms with Crippen LogP contribution in [0.3, 0.4) is 0 Å². The van der Waals surface area contributed by atoms with Gasteiger partial charge in [-0.05, 0) is 41.0 Å². The highest BCUT2D eigenvalue weighted by atomic mass is 16.6. The van der Waals surface area contributed by atoms with E-state index in [0.29, 0.717) is 31.1 Å². The van der Waals surface area contributed by atoms with Crippen LogP contribution in [0.2, 0.25) is 0 Å². The van der Waals surface area contributed by atoms with Crippen molar-refractivity contribution in [2.24, 2.45) is 7.05 Å².